The van der Waals surface area contributed by atoms with E-state index >= 15 is 0 Å². The van der Waals surface area contributed by atoms with Gasteiger partial charge in [0.25, 0.3) is 0 Å². The molecular weight excluding hydrogens is 508 g/mol. The van der Waals surface area contributed by atoms with Crippen LogP contribution in [0.1, 0.15) is 83.5 Å². The van der Waals surface area contributed by atoms with E-state index < -0.39 is 6.09 Å². The molecule has 0 aromatic heterocycles. The number of guanidine groups is 1. The number of amides is 2. The summed E-state index contributed by atoms with van der Waals surface area (Å²) >= 11 is 0. The van der Waals surface area contributed by atoms with Gasteiger partial charge in [-0.2, -0.15) is 5.26 Å². The van der Waals surface area contributed by atoms with Crippen molar-refractivity contribution in [3.05, 3.63) is 0 Å². The second-order valence-electron chi connectivity index (χ2n) is 12.2. The number of nitrogens with one attached hydrogen (secondary N) is 1. The Morgan fingerprint density at radius 3 is 2.30 bits per heavy atom. The standard InChI is InChI=1S/C30H50N6O4/c1-34-15-12-24(13-16-34)14-19-40-30(38)33-29(35-17-20-39-21-18-35)32-22-27(25-8-4-2-5-9-25)28(37)36(23-31)26-10-6-3-7-11-26/h24-27H,2-22H2,1H3,(H,32,33,38). The number of aliphatic imine (C=N–C) groups is 1. The zero-order valence-electron chi connectivity index (χ0n) is 24.5. The fraction of sp³-hybridized carbons (Fsp3) is 0.867. The van der Waals surface area contributed by atoms with Gasteiger partial charge in [-0.15, -0.1) is 0 Å². The van der Waals surface area contributed by atoms with Gasteiger partial charge in [0.05, 0.1) is 32.3 Å². The number of piperidine rings is 1. The topological polar surface area (TPSA) is 110 Å². The summed E-state index contributed by atoms with van der Waals surface area (Å²) in [5.41, 5.74) is 0. The fourth-order valence-electron chi connectivity index (χ4n) is 6.77. The maximum absolute atomic E-state index is 13.9. The van der Waals surface area contributed by atoms with E-state index in [0.717, 1.165) is 83.7 Å². The monoisotopic (exact) mass is 558 g/mol. The van der Waals surface area contributed by atoms with E-state index in [1.807, 2.05) is 4.90 Å². The van der Waals surface area contributed by atoms with Gasteiger partial charge < -0.3 is 19.3 Å². The van der Waals surface area contributed by atoms with Gasteiger partial charge in [0.1, 0.15) is 0 Å². The Labute approximate surface area is 240 Å². The molecule has 0 bridgehead atoms. The minimum absolute atomic E-state index is 0.00213. The van der Waals surface area contributed by atoms with Crippen molar-refractivity contribution in [3.63, 3.8) is 0 Å². The molecule has 1 N–H and O–H groups in total. The average molecular weight is 559 g/mol. The third-order valence-corrected chi connectivity index (χ3v) is 9.38. The van der Waals surface area contributed by atoms with Gasteiger partial charge in [0.2, 0.25) is 11.9 Å². The highest BCUT2D eigenvalue weighted by molar-refractivity contribution is 5.94. The Kier molecular flexibility index (Phi) is 12.4. The van der Waals surface area contributed by atoms with E-state index in [-0.39, 0.29) is 30.3 Å². The van der Waals surface area contributed by atoms with Crippen LogP contribution < -0.4 is 5.32 Å². The van der Waals surface area contributed by atoms with Crippen molar-refractivity contribution in [3.8, 4) is 6.19 Å². The number of nitriles is 1. The van der Waals surface area contributed by atoms with Crippen molar-refractivity contribution in [2.45, 2.75) is 89.5 Å². The molecule has 0 spiro atoms. The van der Waals surface area contributed by atoms with Crippen molar-refractivity contribution in [1.29, 1.82) is 5.26 Å². The summed E-state index contributed by atoms with van der Waals surface area (Å²) in [6.07, 6.45) is 15.3. The fourth-order valence-corrected chi connectivity index (χ4v) is 6.77. The van der Waals surface area contributed by atoms with Crippen LogP contribution in [0.2, 0.25) is 0 Å². The summed E-state index contributed by atoms with van der Waals surface area (Å²) in [5.74, 6) is 0.789. The second kappa shape index (κ2) is 16.2. The number of carbonyl (C=O) groups excluding carboxylic acids is 2. The minimum Gasteiger partial charge on any atom is -0.449 e. The number of rotatable bonds is 8. The summed E-state index contributed by atoms with van der Waals surface area (Å²) in [5, 5.41) is 12.9. The summed E-state index contributed by atoms with van der Waals surface area (Å²) in [7, 11) is 2.15. The van der Waals surface area contributed by atoms with Crippen molar-refractivity contribution < 1.29 is 19.1 Å². The molecule has 0 aromatic carbocycles. The number of nitrogens with zero attached hydrogens (tertiary/aromatic N) is 5. The Morgan fingerprint density at radius 1 is 1.00 bits per heavy atom. The Balaban J connectivity index is 1.42. The van der Waals surface area contributed by atoms with E-state index in [1.165, 1.54) is 17.7 Å². The molecule has 1 atom stereocenters. The van der Waals surface area contributed by atoms with Crippen molar-refractivity contribution in [2.24, 2.45) is 22.7 Å². The van der Waals surface area contributed by atoms with Crippen LogP contribution in [-0.4, -0.2) is 98.3 Å². The number of morpholine rings is 1. The first kappa shape index (κ1) is 30.6. The zero-order chi connectivity index (χ0) is 28.2. The summed E-state index contributed by atoms with van der Waals surface area (Å²) in [6, 6.07) is -0.00213. The number of likely N-dealkylation sites (tertiary alicyclic amines) is 1. The lowest BCUT2D eigenvalue weighted by Gasteiger charge is -2.35. The molecule has 10 heteroatoms. The second-order valence-corrected chi connectivity index (χ2v) is 12.2. The van der Waals surface area contributed by atoms with Crippen LogP contribution in [0.4, 0.5) is 4.79 Å². The Hall–Kier alpha value is -2.38. The van der Waals surface area contributed by atoms with Crippen LogP contribution in [0.15, 0.2) is 4.99 Å². The normalized spacial score (nSPS) is 23.3. The van der Waals surface area contributed by atoms with Crippen LogP contribution in [0.25, 0.3) is 0 Å². The van der Waals surface area contributed by atoms with Gasteiger partial charge in [-0.25, -0.2) is 9.69 Å². The highest BCUT2D eigenvalue weighted by atomic mass is 16.5. The lowest BCUT2D eigenvalue weighted by Crippen LogP contribution is -2.50. The van der Waals surface area contributed by atoms with Crippen LogP contribution in [0.5, 0.6) is 0 Å². The number of alkyl carbamates (subject to hydrolysis) is 1. The largest absolute Gasteiger partial charge is 0.449 e. The molecule has 1 unspecified atom stereocenters. The molecule has 2 aliphatic carbocycles. The van der Waals surface area contributed by atoms with E-state index in [1.54, 1.807) is 0 Å². The summed E-state index contributed by atoms with van der Waals surface area (Å²) in [4.78, 5) is 37.4. The lowest BCUT2D eigenvalue weighted by molar-refractivity contribution is -0.136. The molecule has 224 valence electrons. The molecule has 10 nitrogen and oxygen atoms in total. The Bertz CT molecular complexity index is 866. The molecule has 2 amide bonds. The predicted molar refractivity (Wildman–Crippen MR) is 153 cm³/mol. The van der Waals surface area contributed by atoms with E-state index in [2.05, 4.69) is 23.5 Å². The number of carbonyl (C=O) groups is 2. The first-order chi connectivity index (χ1) is 19.5. The number of hydrogen-bond donors (Lipinski definition) is 1. The van der Waals surface area contributed by atoms with Crippen molar-refractivity contribution >= 4 is 18.0 Å². The van der Waals surface area contributed by atoms with Gasteiger partial charge in [0.15, 0.2) is 6.19 Å². The van der Waals surface area contributed by atoms with Crippen molar-refractivity contribution in [1.82, 2.24) is 20.0 Å². The summed E-state index contributed by atoms with van der Waals surface area (Å²) < 4.78 is 11.1. The molecular formula is C30H50N6O4. The average Bonchev–Trinajstić information content (AvgIpc) is 2.99. The van der Waals surface area contributed by atoms with Crippen LogP contribution in [0.3, 0.4) is 0 Å². The molecule has 0 aromatic rings. The van der Waals surface area contributed by atoms with Crippen LogP contribution in [0, 0.1) is 29.2 Å². The van der Waals surface area contributed by atoms with Gasteiger partial charge in [-0.1, -0.05) is 38.5 Å². The molecule has 0 radical (unpaired) electrons. The molecule has 2 saturated carbocycles. The number of hydrogen-bond acceptors (Lipinski definition) is 7. The SMILES string of the molecule is CN1CCC(CCOC(=O)NC(=NCC(C(=O)N(C#N)C2CCCCC2)C2CCCCC2)N2CCOCC2)CC1. The molecule has 4 aliphatic rings. The Morgan fingerprint density at radius 2 is 1.65 bits per heavy atom. The van der Waals surface area contributed by atoms with Gasteiger partial charge >= 0.3 is 6.09 Å². The molecule has 2 saturated heterocycles. The summed E-state index contributed by atoms with van der Waals surface area (Å²) in [6.45, 7) is 5.17. The third-order valence-electron chi connectivity index (χ3n) is 9.38. The third kappa shape index (κ3) is 9.07. The van der Waals surface area contributed by atoms with E-state index in [9.17, 15) is 14.9 Å². The minimum atomic E-state index is -0.500. The van der Waals surface area contributed by atoms with Gasteiger partial charge in [0, 0.05) is 19.1 Å². The number of ether oxygens (including phenoxy) is 2. The van der Waals surface area contributed by atoms with Crippen molar-refractivity contribution in [2.75, 3.05) is 59.6 Å². The highest BCUT2D eigenvalue weighted by Gasteiger charge is 2.36. The van der Waals surface area contributed by atoms with E-state index in [0.29, 0.717) is 44.8 Å². The van der Waals surface area contributed by atoms with Crippen LogP contribution in [-0.2, 0) is 14.3 Å². The quantitative estimate of drug-likeness (QED) is 0.208. The first-order valence-electron chi connectivity index (χ1n) is 15.8. The first-order valence-corrected chi connectivity index (χ1v) is 15.8. The van der Waals surface area contributed by atoms with Crippen LogP contribution >= 0.6 is 0 Å². The van der Waals surface area contributed by atoms with Gasteiger partial charge in [-0.3, -0.25) is 15.1 Å². The lowest BCUT2D eigenvalue weighted by atomic mass is 9.79. The highest BCUT2D eigenvalue weighted by Crippen LogP contribution is 2.33. The molecule has 4 rings (SSSR count). The zero-order valence-corrected chi connectivity index (χ0v) is 24.5. The maximum atomic E-state index is 13.9. The smallest absolute Gasteiger partial charge is 0.413 e. The maximum Gasteiger partial charge on any atom is 0.413 e. The van der Waals surface area contributed by atoms with E-state index in [4.69, 9.17) is 14.5 Å². The molecule has 4 fully saturated rings. The molecule has 2 aliphatic heterocycles. The van der Waals surface area contributed by atoms with Gasteiger partial charge in [-0.05, 0) is 76.9 Å². The molecule has 40 heavy (non-hydrogen) atoms. The predicted octanol–water partition coefficient (Wildman–Crippen LogP) is 3.97. The molecule has 2 heterocycles.